The van der Waals surface area contributed by atoms with Gasteiger partial charge in [-0.15, -0.1) is 12.4 Å². The molecule has 2 amide bonds. The summed E-state index contributed by atoms with van der Waals surface area (Å²) in [6, 6.07) is 12.6. The Hall–Kier alpha value is -2.44. The summed E-state index contributed by atoms with van der Waals surface area (Å²) in [5.41, 5.74) is 8.26. The maximum Gasteiger partial charge on any atom is 0.255 e. The molecule has 2 aliphatic rings. The fourth-order valence-electron chi connectivity index (χ4n) is 4.78. The number of nitrogens with two attached hydrogens (primary N) is 1. The molecular weight excluding hydrogens is 405 g/mol. The standard InChI is InChI=1S/C23H26FN3O2.ClH/c1-13(26-23(29)20-16-2-3-17(12-16)21(20)25)14-6-10-19(11-7-14)27-22(28)15-4-8-18(24)9-5-15;/h4-11,13,16-17,20-21H,2-3,12,25H2,1H3,(H,26,29)(H,27,28);1H. The Labute approximate surface area is 182 Å². The van der Waals surface area contributed by atoms with Gasteiger partial charge in [-0.1, -0.05) is 12.1 Å². The molecule has 2 aliphatic carbocycles. The van der Waals surface area contributed by atoms with Gasteiger partial charge >= 0.3 is 0 Å². The zero-order chi connectivity index (χ0) is 20.5. The summed E-state index contributed by atoms with van der Waals surface area (Å²) < 4.78 is 13.0. The summed E-state index contributed by atoms with van der Waals surface area (Å²) in [7, 11) is 0. The number of hydrogen-bond donors (Lipinski definition) is 3. The van der Waals surface area contributed by atoms with Crippen molar-refractivity contribution in [3.8, 4) is 0 Å². The number of carbonyl (C=O) groups is 2. The molecule has 0 saturated heterocycles. The smallest absolute Gasteiger partial charge is 0.255 e. The number of hydrogen-bond acceptors (Lipinski definition) is 3. The lowest BCUT2D eigenvalue weighted by atomic mass is 9.84. The van der Waals surface area contributed by atoms with E-state index in [1.807, 2.05) is 19.1 Å². The Morgan fingerprint density at radius 3 is 2.27 bits per heavy atom. The highest BCUT2D eigenvalue weighted by Gasteiger charge is 2.49. The van der Waals surface area contributed by atoms with E-state index in [1.54, 1.807) is 12.1 Å². The normalized spacial score (nSPS) is 25.3. The maximum atomic E-state index is 13.0. The molecule has 0 radical (unpaired) electrons. The van der Waals surface area contributed by atoms with Crippen molar-refractivity contribution in [2.75, 3.05) is 5.32 Å². The van der Waals surface area contributed by atoms with Gasteiger partial charge in [-0.25, -0.2) is 4.39 Å². The number of fused-ring (bicyclic) bond motifs is 2. The molecule has 30 heavy (non-hydrogen) atoms. The van der Waals surface area contributed by atoms with Gasteiger partial charge in [0, 0.05) is 17.3 Å². The minimum Gasteiger partial charge on any atom is -0.349 e. The first kappa shape index (κ1) is 22.2. The van der Waals surface area contributed by atoms with E-state index >= 15 is 0 Å². The average Bonchev–Trinajstić information content (AvgIpc) is 3.30. The lowest BCUT2D eigenvalue weighted by Crippen LogP contribution is -2.45. The number of anilines is 1. The van der Waals surface area contributed by atoms with Gasteiger partial charge < -0.3 is 16.4 Å². The molecule has 0 heterocycles. The predicted octanol–water partition coefficient (Wildman–Crippen LogP) is 4.05. The largest absolute Gasteiger partial charge is 0.349 e. The third-order valence-electron chi connectivity index (χ3n) is 6.42. The molecule has 5 atom stereocenters. The highest BCUT2D eigenvalue weighted by Crippen LogP contribution is 2.47. The van der Waals surface area contributed by atoms with Crippen LogP contribution in [0.5, 0.6) is 0 Å². The van der Waals surface area contributed by atoms with Gasteiger partial charge in [0.1, 0.15) is 5.82 Å². The molecule has 4 rings (SSSR count). The Bertz CT molecular complexity index is 902. The molecule has 2 fully saturated rings. The van der Waals surface area contributed by atoms with Crippen molar-refractivity contribution in [1.82, 2.24) is 5.32 Å². The first-order chi connectivity index (χ1) is 13.9. The van der Waals surface area contributed by atoms with Gasteiger partial charge in [0.15, 0.2) is 0 Å². The minimum atomic E-state index is -0.381. The summed E-state index contributed by atoms with van der Waals surface area (Å²) in [6.45, 7) is 1.95. The summed E-state index contributed by atoms with van der Waals surface area (Å²) >= 11 is 0. The molecule has 2 bridgehead atoms. The third-order valence-corrected chi connectivity index (χ3v) is 6.42. The molecule has 2 aromatic carbocycles. The van der Waals surface area contributed by atoms with Crippen LogP contribution >= 0.6 is 12.4 Å². The van der Waals surface area contributed by atoms with E-state index in [2.05, 4.69) is 10.6 Å². The van der Waals surface area contributed by atoms with Gasteiger partial charge in [-0.05, 0) is 80.0 Å². The van der Waals surface area contributed by atoms with Gasteiger partial charge in [0.05, 0.1) is 12.0 Å². The van der Waals surface area contributed by atoms with Crippen molar-refractivity contribution in [2.24, 2.45) is 23.5 Å². The second kappa shape index (κ2) is 9.14. The Kier molecular flexibility index (Phi) is 6.78. The fourth-order valence-corrected chi connectivity index (χ4v) is 4.78. The van der Waals surface area contributed by atoms with E-state index < -0.39 is 0 Å². The van der Waals surface area contributed by atoms with E-state index in [9.17, 15) is 14.0 Å². The Balaban J connectivity index is 0.00000256. The van der Waals surface area contributed by atoms with Crippen LogP contribution in [-0.2, 0) is 4.79 Å². The van der Waals surface area contributed by atoms with Crippen LogP contribution in [0, 0.1) is 23.6 Å². The van der Waals surface area contributed by atoms with Crippen molar-refractivity contribution in [1.29, 1.82) is 0 Å². The Morgan fingerprint density at radius 2 is 1.67 bits per heavy atom. The highest BCUT2D eigenvalue weighted by atomic mass is 35.5. The molecule has 0 aliphatic heterocycles. The van der Waals surface area contributed by atoms with E-state index in [4.69, 9.17) is 5.73 Å². The highest BCUT2D eigenvalue weighted by molar-refractivity contribution is 6.04. The molecule has 0 spiro atoms. The first-order valence-corrected chi connectivity index (χ1v) is 10.1. The lowest BCUT2D eigenvalue weighted by molar-refractivity contribution is -0.127. The zero-order valence-corrected chi connectivity index (χ0v) is 17.6. The van der Waals surface area contributed by atoms with Gasteiger partial charge in [-0.3, -0.25) is 9.59 Å². The number of amides is 2. The van der Waals surface area contributed by atoms with E-state index in [0.29, 0.717) is 23.1 Å². The molecular formula is C23H27ClFN3O2. The molecule has 4 N–H and O–H groups in total. The van der Waals surface area contributed by atoms with Gasteiger partial charge in [0.2, 0.25) is 5.91 Å². The summed E-state index contributed by atoms with van der Waals surface area (Å²) in [4.78, 5) is 25.0. The number of benzene rings is 2. The van der Waals surface area contributed by atoms with E-state index in [1.165, 1.54) is 24.3 Å². The molecule has 5 unspecified atom stereocenters. The molecule has 160 valence electrons. The molecule has 0 aromatic heterocycles. The van der Waals surface area contributed by atoms with Crippen molar-refractivity contribution < 1.29 is 14.0 Å². The minimum absolute atomic E-state index is 0. The monoisotopic (exact) mass is 431 g/mol. The second-order valence-corrected chi connectivity index (χ2v) is 8.25. The second-order valence-electron chi connectivity index (χ2n) is 8.25. The van der Waals surface area contributed by atoms with Crippen molar-refractivity contribution in [3.05, 3.63) is 65.5 Å². The zero-order valence-electron chi connectivity index (χ0n) is 16.8. The van der Waals surface area contributed by atoms with Crippen LogP contribution in [0.2, 0.25) is 0 Å². The number of carbonyl (C=O) groups excluding carboxylic acids is 2. The van der Waals surface area contributed by atoms with Crippen molar-refractivity contribution in [3.63, 3.8) is 0 Å². The van der Waals surface area contributed by atoms with Crippen molar-refractivity contribution >= 4 is 29.9 Å². The molecule has 2 aromatic rings. The molecule has 2 saturated carbocycles. The number of rotatable bonds is 5. The third kappa shape index (κ3) is 4.50. The number of nitrogens with one attached hydrogen (secondary N) is 2. The topological polar surface area (TPSA) is 84.2 Å². The lowest BCUT2D eigenvalue weighted by Gasteiger charge is -2.28. The van der Waals surface area contributed by atoms with Crippen molar-refractivity contribution in [2.45, 2.75) is 38.3 Å². The van der Waals surface area contributed by atoms with Crippen LogP contribution in [0.25, 0.3) is 0 Å². The average molecular weight is 432 g/mol. The SMILES string of the molecule is CC(NC(=O)C1C2CCC(C2)C1N)c1ccc(NC(=O)c2ccc(F)cc2)cc1.Cl. The van der Waals surface area contributed by atoms with Gasteiger partial charge in [0.25, 0.3) is 5.91 Å². The van der Waals surface area contributed by atoms with Crippen LogP contribution in [0.15, 0.2) is 48.5 Å². The summed E-state index contributed by atoms with van der Waals surface area (Å²) in [5.74, 6) is 0.204. The molecule has 7 heteroatoms. The predicted molar refractivity (Wildman–Crippen MR) is 117 cm³/mol. The van der Waals surface area contributed by atoms with E-state index in [0.717, 1.165) is 24.8 Å². The number of halogens is 2. The molecule has 5 nitrogen and oxygen atoms in total. The fraction of sp³-hybridized carbons (Fsp3) is 0.391. The van der Waals surface area contributed by atoms with Crippen LogP contribution in [0.1, 0.15) is 48.1 Å². The first-order valence-electron chi connectivity index (χ1n) is 10.1. The summed E-state index contributed by atoms with van der Waals surface area (Å²) in [6.07, 6.45) is 3.33. The van der Waals surface area contributed by atoms with Crippen LogP contribution in [0.3, 0.4) is 0 Å². The summed E-state index contributed by atoms with van der Waals surface area (Å²) in [5, 5.41) is 5.89. The van der Waals surface area contributed by atoms with Gasteiger partial charge in [-0.2, -0.15) is 0 Å². The van der Waals surface area contributed by atoms with Crippen LogP contribution < -0.4 is 16.4 Å². The quantitative estimate of drug-likeness (QED) is 0.667. The van der Waals surface area contributed by atoms with E-state index in [-0.39, 0.29) is 48.0 Å². The Morgan fingerprint density at radius 1 is 1.03 bits per heavy atom. The van der Waals surface area contributed by atoms with Crippen LogP contribution in [0.4, 0.5) is 10.1 Å². The maximum absolute atomic E-state index is 13.0. The van der Waals surface area contributed by atoms with Crippen LogP contribution in [-0.4, -0.2) is 17.9 Å².